The highest BCUT2D eigenvalue weighted by atomic mass is 32.1. The molecule has 0 aliphatic carbocycles. The van der Waals surface area contributed by atoms with Crippen molar-refractivity contribution in [3.63, 3.8) is 0 Å². The maximum Gasteiger partial charge on any atom is 0.271 e. The number of carbonyl (C=O) groups excluding carboxylic acids is 2. The van der Waals surface area contributed by atoms with E-state index in [0.29, 0.717) is 36.0 Å². The van der Waals surface area contributed by atoms with Gasteiger partial charge in [0.15, 0.2) is 10.0 Å². The molecule has 3 aromatic rings. The minimum atomic E-state index is -0.121. The summed E-state index contributed by atoms with van der Waals surface area (Å²) < 4.78 is 0. The molecule has 0 saturated heterocycles. The van der Waals surface area contributed by atoms with Gasteiger partial charge in [-0.2, -0.15) is 0 Å². The lowest BCUT2D eigenvalue weighted by atomic mass is 10.1. The van der Waals surface area contributed by atoms with E-state index in [1.807, 2.05) is 17.5 Å². The number of anilines is 2. The molecule has 0 fully saturated rings. The molecule has 176 valence electrons. The Morgan fingerprint density at radius 3 is 2.61 bits per heavy atom. The highest BCUT2D eigenvalue weighted by Crippen LogP contribution is 2.31. The van der Waals surface area contributed by atoms with Gasteiger partial charge in [0.2, 0.25) is 5.91 Å². The summed E-state index contributed by atoms with van der Waals surface area (Å²) in [5.74, 6) is 0.291. The van der Waals surface area contributed by atoms with Gasteiger partial charge >= 0.3 is 0 Å². The number of para-hydroxylation sites is 2. The summed E-state index contributed by atoms with van der Waals surface area (Å²) in [7, 11) is 0. The molecular weight excluding hydrogens is 454 g/mol. The SMILES string of the molecule is CC(C)Cc1sc(-c2nccs2)nc1C(=O)NCCCCCCC(=O)Nc1ccccc1N. The summed E-state index contributed by atoms with van der Waals surface area (Å²) in [6.45, 7) is 4.87. The molecule has 0 spiro atoms. The predicted octanol–water partition coefficient (Wildman–Crippen LogP) is 5.37. The molecule has 4 N–H and O–H groups in total. The van der Waals surface area contributed by atoms with Gasteiger partial charge in [-0.05, 0) is 37.3 Å². The van der Waals surface area contributed by atoms with E-state index in [2.05, 4.69) is 34.4 Å². The van der Waals surface area contributed by atoms with Gasteiger partial charge in [0.05, 0.1) is 11.4 Å². The van der Waals surface area contributed by atoms with Crippen LogP contribution in [0.25, 0.3) is 10.0 Å². The van der Waals surface area contributed by atoms with Crippen molar-refractivity contribution in [3.8, 4) is 10.0 Å². The van der Waals surface area contributed by atoms with Gasteiger partial charge in [-0.1, -0.05) is 38.8 Å². The molecule has 3 rings (SSSR count). The van der Waals surface area contributed by atoms with E-state index in [4.69, 9.17) is 5.73 Å². The summed E-state index contributed by atoms with van der Waals surface area (Å²) in [6.07, 6.45) is 6.57. The van der Waals surface area contributed by atoms with Crippen molar-refractivity contribution in [2.24, 2.45) is 5.92 Å². The highest BCUT2D eigenvalue weighted by Gasteiger charge is 2.20. The second kappa shape index (κ2) is 12.5. The average Bonchev–Trinajstić information content (AvgIpc) is 3.44. The van der Waals surface area contributed by atoms with E-state index in [-0.39, 0.29) is 11.8 Å². The number of nitrogen functional groups attached to an aromatic ring is 1. The normalized spacial score (nSPS) is 11.0. The summed E-state index contributed by atoms with van der Waals surface area (Å²) in [5.41, 5.74) is 7.59. The summed E-state index contributed by atoms with van der Waals surface area (Å²) in [4.78, 5) is 34.8. The van der Waals surface area contributed by atoms with Crippen LogP contribution in [0.5, 0.6) is 0 Å². The molecule has 0 atom stereocenters. The minimum Gasteiger partial charge on any atom is -0.397 e. The quantitative estimate of drug-likeness (QED) is 0.236. The molecule has 0 bridgehead atoms. The van der Waals surface area contributed by atoms with E-state index in [1.165, 1.54) is 11.3 Å². The number of nitrogens with zero attached hydrogens (tertiary/aromatic N) is 2. The second-order valence-electron chi connectivity index (χ2n) is 8.28. The first-order valence-electron chi connectivity index (χ1n) is 11.3. The maximum atomic E-state index is 12.8. The van der Waals surface area contributed by atoms with E-state index in [0.717, 1.165) is 47.0 Å². The molecule has 33 heavy (non-hydrogen) atoms. The number of unbranched alkanes of at least 4 members (excludes halogenated alkanes) is 3. The molecule has 9 heteroatoms. The first-order chi connectivity index (χ1) is 15.9. The van der Waals surface area contributed by atoms with Crippen LogP contribution in [-0.4, -0.2) is 28.3 Å². The number of thiazole rings is 2. The topological polar surface area (TPSA) is 110 Å². The Morgan fingerprint density at radius 1 is 1.09 bits per heavy atom. The number of rotatable bonds is 12. The standard InChI is InChI=1S/C24H31N5O2S2/c1-16(2)15-19-21(29-24(33-19)23-27-13-14-32-23)22(31)26-12-8-4-3-5-11-20(30)28-18-10-7-6-9-17(18)25/h6-7,9-10,13-14,16H,3-5,8,11-12,15,25H2,1-2H3,(H,26,31)(H,28,30). The van der Waals surface area contributed by atoms with Crippen LogP contribution in [0.4, 0.5) is 11.4 Å². The van der Waals surface area contributed by atoms with Gasteiger partial charge in [0.1, 0.15) is 5.69 Å². The van der Waals surface area contributed by atoms with E-state index >= 15 is 0 Å². The van der Waals surface area contributed by atoms with Crippen molar-refractivity contribution >= 4 is 45.9 Å². The zero-order valence-electron chi connectivity index (χ0n) is 19.1. The zero-order chi connectivity index (χ0) is 23.6. The average molecular weight is 486 g/mol. The van der Waals surface area contributed by atoms with Gasteiger partial charge in [0.25, 0.3) is 5.91 Å². The molecule has 2 aromatic heterocycles. The van der Waals surface area contributed by atoms with Crippen LogP contribution in [0, 0.1) is 5.92 Å². The van der Waals surface area contributed by atoms with E-state index in [9.17, 15) is 9.59 Å². The van der Waals surface area contributed by atoms with Gasteiger partial charge in [-0.3, -0.25) is 9.59 Å². The van der Waals surface area contributed by atoms with Crippen LogP contribution in [0.15, 0.2) is 35.8 Å². The van der Waals surface area contributed by atoms with Gasteiger partial charge in [-0.25, -0.2) is 9.97 Å². The maximum absolute atomic E-state index is 12.8. The molecular formula is C24H31N5O2S2. The van der Waals surface area contributed by atoms with E-state index < -0.39 is 0 Å². The first-order valence-corrected chi connectivity index (χ1v) is 13.0. The van der Waals surface area contributed by atoms with Crippen molar-refractivity contribution in [3.05, 3.63) is 46.4 Å². The fourth-order valence-electron chi connectivity index (χ4n) is 3.33. The summed E-state index contributed by atoms with van der Waals surface area (Å²) >= 11 is 3.09. The summed E-state index contributed by atoms with van der Waals surface area (Å²) in [6, 6.07) is 7.24. The smallest absolute Gasteiger partial charge is 0.271 e. The van der Waals surface area contributed by atoms with E-state index in [1.54, 1.807) is 29.7 Å². The van der Waals surface area contributed by atoms with Gasteiger partial charge < -0.3 is 16.4 Å². The van der Waals surface area contributed by atoms with Crippen LogP contribution < -0.4 is 16.4 Å². The largest absolute Gasteiger partial charge is 0.397 e. The minimum absolute atomic E-state index is 0.0292. The zero-order valence-corrected chi connectivity index (χ0v) is 20.7. The number of aromatic nitrogens is 2. The van der Waals surface area contributed by atoms with Crippen molar-refractivity contribution in [2.45, 2.75) is 52.4 Å². The number of hydrogen-bond donors (Lipinski definition) is 3. The van der Waals surface area contributed by atoms with Crippen molar-refractivity contribution in [1.82, 2.24) is 15.3 Å². The van der Waals surface area contributed by atoms with Crippen molar-refractivity contribution in [2.75, 3.05) is 17.6 Å². The van der Waals surface area contributed by atoms with Crippen molar-refractivity contribution < 1.29 is 9.59 Å². The van der Waals surface area contributed by atoms with Crippen LogP contribution in [0.1, 0.15) is 61.3 Å². The molecule has 7 nitrogen and oxygen atoms in total. The Hall–Kier alpha value is -2.78. The lowest BCUT2D eigenvalue weighted by Gasteiger charge is -2.08. The fraction of sp³-hybridized carbons (Fsp3) is 0.417. The monoisotopic (exact) mass is 485 g/mol. The third-order valence-corrected chi connectivity index (χ3v) is 6.97. The van der Waals surface area contributed by atoms with Crippen LogP contribution in [0.2, 0.25) is 0 Å². The third-order valence-electron chi connectivity index (χ3n) is 4.97. The molecule has 0 radical (unpaired) electrons. The Morgan fingerprint density at radius 2 is 1.88 bits per heavy atom. The fourth-order valence-corrected chi connectivity index (χ4v) is 5.28. The lowest BCUT2D eigenvalue weighted by molar-refractivity contribution is -0.116. The molecule has 2 amide bonds. The Balaban J connectivity index is 1.38. The van der Waals surface area contributed by atoms with Crippen LogP contribution in [0.3, 0.4) is 0 Å². The highest BCUT2D eigenvalue weighted by molar-refractivity contribution is 7.20. The molecule has 0 aliphatic rings. The van der Waals surface area contributed by atoms with Crippen LogP contribution >= 0.6 is 22.7 Å². The number of nitrogens with one attached hydrogen (secondary N) is 2. The number of benzene rings is 1. The molecule has 2 heterocycles. The predicted molar refractivity (Wildman–Crippen MR) is 137 cm³/mol. The Bertz CT molecular complexity index is 1050. The number of hydrogen-bond acceptors (Lipinski definition) is 7. The second-order valence-corrected chi connectivity index (χ2v) is 10.3. The van der Waals surface area contributed by atoms with Gasteiger partial charge in [-0.15, -0.1) is 22.7 Å². The van der Waals surface area contributed by atoms with Crippen molar-refractivity contribution in [1.29, 1.82) is 0 Å². The number of carbonyl (C=O) groups is 2. The lowest BCUT2D eigenvalue weighted by Crippen LogP contribution is -2.26. The Labute approximate surface area is 202 Å². The Kier molecular flexibility index (Phi) is 9.38. The molecule has 1 aromatic carbocycles. The molecule has 0 unspecified atom stereocenters. The van der Waals surface area contributed by atoms with Gasteiger partial charge in [0, 0.05) is 29.4 Å². The first kappa shape index (κ1) is 24.9. The number of nitrogens with two attached hydrogens (primary N) is 1. The van der Waals surface area contributed by atoms with Crippen LogP contribution in [-0.2, 0) is 11.2 Å². The summed E-state index contributed by atoms with van der Waals surface area (Å²) in [5, 5.41) is 9.42. The molecule has 0 aliphatic heterocycles. The molecule has 0 saturated carbocycles. The number of amides is 2. The third kappa shape index (κ3) is 7.64.